The van der Waals surface area contributed by atoms with Crippen molar-refractivity contribution in [3.05, 3.63) is 64.7 Å². The molecule has 1 heterocycles. The Morgan fingerprint density at radius 2 is 2.00 bits per heavy atom. The second-order valence-corrected chi connectivity index (χ2v) is 8.05. The van der Waals surface area contributed by atoms with Gasteiger partial charge in [-0.2, -0.15) is 0 Å². The van der Waals surface area contributed by atoms with Gasteiger partial charge in [0, 0.05) is 23.8 Å². The first-order chi connectivity index (χ1) is 14.0. The maximum absolute atomic E-state index is 12.9. The fraction of sp³-hybridized carbons (Fsp3) is 0.391. The molecule has 3 amide bonds. The van der Waals surface area contributed by atoms with E-state index >= 15 is 0 Å². The Labute approximate surface area is 177 Å². The lowest BCUT2D eigenvalue weighted by atomic mass is 9.96. The smallest absolute Gasteiger partial charge is 0.321 e. The van der Waals surface area contributed by atoms with E-state index in [1.807, 2.05) is 62.4 Å². The molecule has 6 heteroatoms. The Bertz CT molecular complexity index is 871. The van der Waals surface area contributed by atoms with Gasteiger partial charge < -0.3 is 15.5 Å². The van der Waals surface area contributed by atoms with Crippen molar-refractivity contribution in [1.29, 1.82) is 0 Å². The predicted octanol–water partition coefficient (Wildman–Crippen LogP) is 5.16. The Morgan fingerprint density at radius 1 is 1.21 bits per heavy atom. The van der Waals surface area contributed by atoms with Gasteiger partial charge in [0.05, 0.1) is 12.0 Å². The minimum Gasteiger partial charge on any atom is -0.349 e. The number of carbonyl (C=O) groups excluding carboxylic acids is 2. The van der Waals surface area contributed by atoms with Crippen LogP contribution in [-0.2, 0) is 4.79 Å². The summed E-state index contributed by atoms with van der Waals surface area (Å²) >= 11 is 6.10. The molecule has 1 aliphatic rings. The average Bonchev–Trinajstić information content (AvgIpc) is 2.72. The Kier molecular flexibility index (Phi) is 7.15. The Balaban J connectivity index is 1.60. The van der Waals surface area contributed by atoms with Crippen LogP contribution in [0.2, 0.25) is 5.02 Å². The van der Waals surface area contributed by atoms with E-state index in [2.05, 4.69) is 10.6 Å². The molecule has 29 heavy (non-hydrogen) atoms. The van der Waals surface area contributed by atoms with Gasteiger partial charge in [-0.1, -0.05) is 42.8 Å². The lowest BCUT2D eigenvalue weighted by molar-refractivity contribution is -0.127. The maximum Gasteiger partial charge on any atom is 0.321 e. The number of piperidine rings is 1. The molecule has 1 saturated heterocycles. The van der Waals surface area contributed by atoms with Crippen molar-refractivity contribution in [2.24, 2.45) is 5.92 Å². The summed E-state index contributed by atoms with van der Waals surface area (Å²) in [6, 6.07) is 15.0. The van der Waals surface area contributed by atoms with Crippen molar-refractivity contribution in [1.82, 2.24) is 10.2 Å². The highest BCUT2D eigenvalue weighted by Gasteiger charge is 2.29. The van der Waals surface area contributed by atoms with E-state index in [1.165, 1.54) is 0 Å². The molecule has 1 aliphatic heterocycles. The third kappa shape index (κ3) is 5.73. The van der Waals surface area contributed by atoms with Crippen LogP contribution in [0.25, 0.3) is 0 Å². The van der Waals surface area contributed by atoms with Crippen LogP contribution in [0.15, 0.2) is 48.5 Å². The third-order valence-electron chi connectivity index (χ3n) is 5.32. The minimum absolute atomic E-state index is 0.00937. The number of likely N-dealkylation sites (tertiary alicyclic amines) is 1. The zero-order chi connectivity index (χ0) is 20.8. The molecule has 1 fully saturated rings. The predicted molar refractivity (Wildman–Crippen MR) is 117 cm³/mol. The van der Waals surface area contributed by atoms with Crippen LogP contribution in [0.5, 0.6) is 0 Å². The normalized spacial score (nSPS) is 17.5. The summed E-state index contributed by atoms with van der Waals surface area (Å²) in [4.78, 5) is 27.3. The molecule has 2 aromatic carbocycles. The van der Waals surface area contributed by atoms with Crippen molar-refractivity contribution < 1.29 is 9.59 Å². The summed E-state index contributed by atoms with van der Waals surface area (Å²) < 4.78 is 0. The zero-order valence-electron chi connectivity index (χ0n) is 17.0. The van der Waals surface area contributed by atoms with Crippen LogP contribution in [0, 0.1) is 12.8 Å². The van der Waals surface area contributed by atoms with Gasteiger partial charge in [-0.25, -0.2) is 4.79 Å². The molecule has 2 N–H and O–H groups in total. The monoisotopic (exact) mass is 413 g/mol. The summed E-state index contributed by atoms with van der Waals surface area (Å²) in [5, 5.41) is 6.74. The Morgan fingerprint density at radius 3 is 2.72 bits per heavy atom. The fourth-order valence-corrected chi connectivity index (χ4v) is 3.93. The van der Waals surface area contributed by atoms with Crippen LogP contribution >= 0.6 is 11.6 Å². The van der Waals surface area contributed by atoms with Crippen molar-refractivity contribution in [3.8, 4) is 0 Å². The molecule has 3 rings (SSSR count). The van der Waals surface area contributed by atoms with Gasteiger partial charge in [0.25, 0.3) is 0 Å². The second kappa shape index (κ2) is 9.79. The fourth-order valence-electron chi connectivity index (χ4n) is 3.73. The summed E-state index contributed by atoms with van der Waals surface area (Å²) in [5.74, 6) is -0.217. The number of benzene rings is 2. The number of nitrogens with one attached hydrogen (secondary N) is 2. The first kappa shape index (κ1) is 21.2. The number of amides is 3. The summed E-state index contributed by atoms with van der Waals surface area (Å²) in [7, 11) is 0. The van der Waals surface area contributed by atoms with Crippen LogP contribution in [0.1, 0.15) is 43.4 Å². The highest BCUT2D eigenvalue weighted by Crippen LogP contribution is 2.23. The van der Waals surface area contributed by atoms with Crippen LogP contribution < -0.4 is 10.6 Å². The largest absolute Gasteiger partial charge is 0.349 e. The number of hydrogen-bond acceptors (Lipinski definition) is 2. The van der Waals surface area contributed by atoms with Crippen molar-refractivity contribution in [2.75, 3.05) is 18.4 Å². The van der Waals surface area contributed by atoms with Crippen LogP contribution in [-0.4, -0.2) is 29.9 Å². The van der Waals surface area contributed by atoms with Crippen molar-refractivity contribution in [3.63, 3.8) is 0 Å². The second-order valence-electron chi connectivity index (χ2n) is 7.61. The molecular formula is C23H28ClN3O2. The number of hydrogen-bond donors (Lipinski definition) is 2. The molecule has 2 aromatic rings. The molecule has 154 valence electrons. The van der Waals surface area contributed by atoms with E-state index in [0.29, 0.717) is 18.1 Å². The van der Waals surface area contributed by atoms with Crippen LogP contribution in [0.4, 0.5) is 10.5 Å². The van der Waals surface area contributed by atoms with E-state index in [9.17, 15) is 9.59 Å². The number of carbonyl (C=O) groups is 2. The van der Waals surface area contributed by atoms with Crippen molar-refractivity contribution in [2.45, 2.75) is 39.2 Å². The molecule has 0 aromatic heterocycles. The zero-order valence-corrected chi connectivity index (χ0v) is 17.7. The molecule has 2 atom stereocenters. The van der Waals surface area contributed by atoms with Gasteiger partial charge >= 0.3 is 6.03 Å². The highest BCUT2D eigenvalue weighted by molar-refractivity contribution is 6.30. The topological polar surface area (TPSA) is 61.4 Å². The number of urea groups is 1. The summed E-state index contributed by atoms with van der Waals surface area (Å²) in [5.41, 5.74) is 2.86. The van der Waals surface area contributed by atoms with E-state index in [4.69, 9.17) is 11.6 Å². The molecular weight excluding hydrogens is 386 g/mol. The molecule has 0 saturated carbocycles. The number of rotatable bonds is 5. The molecule has 0 aliphatic carbocycles. The number of anilines is 1. The molecule has 0 radical (unpaired) electrons. The number of halogens is 1. The van der Waals surface area contributed by atoms with Gasteiger partial charge in [-0.05, 0) is 61.6 Å². The van der Waals surface area contributed by atoms with Gasteiger partial charge in [0.15, 0.2) is 0 Å². The maximum atomic E-state index is 12.9. The first-order valence-electron chi connectivity index (χ1n) is 10.1. The van der Waals surface area contributed by atoms with E-state index < -0.39 is 0 Å². The van der Waals surface area contributed by atoms with Crippen molar-refractivity contribution >= 4 is 29.2 Å². The SMILES string of the molecule is CCC(NC(=O)C1CCCN(C(=O)Nc2cccc(C)c2)C1)c1cccc(Cl)c1. The molecule has 0 bridgehead atoms. The van der Waals surface area contributed by atoms with Gasteiger partial charge in [-0.3, -0.25) is 4.79 Å². The van der Waals surface area contributed by atoms with E-state index in [1.54, 1.807) is 4.90 Å². The molecule has 0 spiro atoms. The van der Waals surface area contributed by atoms with Gasteiger partial charge in [0.2, 0.25) is 5.91 Å². The summed E-state index contributed by atoms with van der Waals surface area (Å²) in [6.45, 7) is 5.11. The Hall–Kier alpha value is -2.53. The summed E-state index contributed by atoms with van der Waals surface area (Å²) in [6.07, 6.45) is 2.37. The average molecular weight is 414 g/mol. The number of nitrogens with zero attached hydrogens (tertiary/aromatic N) is 1. The van der Waals surface area contributed by atoms with Gasteiger partial charge in [-0.15, -0.1) is 0 Å². The lowest BCUT2D eigenvalue weighted by Gasteiger charge is -2.33. The van der Waals surface area contributed by atoms with E-state index in [0.717, 1.165) is 36.1 Å². The highest BCUT2D eigenvalue weighted by atomic mass is 35.5. The van der Waals surface area contributed by atoms with E-state index in [-0.39, 0.29) is 23.9 Å². The minimum atomic E-state index is -0.208. The standard InChI is InChI=1S/C23H28ClN3O2/c1-3-21(17-8-5-10-19(24)14-17)26-22(28)18-9-6-12-27(15-18)23(29)25-20-11-4-7-16(2)13-20/h4-5,7-8,10-11,13-14,18,21H,3,6,9,12,15H2,1-2H3,(H,25,29)(H,26,28). The quantitative estimate of drug-likeness (QED) is 0.711. The molecule has 2 unspecified atom stereocenters. The molecule has 5 nitrogen and oxygen atoms in total. The van der Waals surface area contributed by atoms with Gasteiger partial charge in [0.1, 0.15) is 0 Å². The number of aryl methyl sites for hydroxylation is 1. The van der Waals surface area contributed by atoms with Crippen LogP contribution in [0.3, 0.4) is 0 Å². The first-order valence-corrected chi connectivity index (χ1v) is 10.5. The lowest BCUT2D eigenvalue weighted by Crippen LogP contribution is -2.47. The third-order valence-corrected chi connectivity index (χ3v) is 5.56.